The molecule has 1 N–H and O–H groups in total. The average molecular weight is 293 g/mol. The van der Waals surface area contributed by atoms with Crippen LogP contribution in [0.15, 0.2) is 18.2 Å². The molecule has 0 aromatic carbocycles. The second kappa shape index (κ2) is 6.30. The van der Waals surface area contributed by atoms with Gasteiger partial charge in [0.1, 0.15) is 0 Å². The number of hydrogen-bond donors (Lipinski definition) is 1. The lowest BCUT2D eigenvalue weighted by Crippen LogP contribution is -2.45. The molecule has 0 saturated carbocycles. The Kier molecular flexibility index (Phi) is 4.42. The Bertz CT molecular complexity index is 468. The van der Waals surface area contributed by atoms with E-state index in [1.165, 1.54) is 0 Å². The third-order valence-electron chi connectivity index (χ3n) is 4.64. The van der Waals surface area contributed by atoms with Gasteiger partial charge in [0, 0.05) is 25.9 Å². The monoisotopic (exact) mass is 293 g/mol. The minimum absolute atomic E-state index is 0.110. The van der Waals surface area contributed by atoms with Gasteiger partial charge in [-0.25, -0.2) is 4.98 Å². The summed E-state index contributed by atoms with van der Waals surface area (Å²) in [6.45, 7) is 2.20. The molecule has 0 amide bonds. The van der Waals surface area contributed by atoms with Crippen molar-refractivity contribution in [3.63, 3.8) is 0 Å². The number of methoxy groups -OCH3 is 1. The first kappa shape index (κ1) is 14.8. The fourth-order valence-corrected chi connectivity index (χ4v) is 3.38. The van der Waals surface area contributed by atoms with Crippen LogP contribution in [-0.2, 0) is 9.47 Å². The summed E-state index contributed by atoms with van der Waals surface area (Å²) >= 11 is 0. The van der Waals surface area contributed by atoms with Crippen molar-refractivity contribution in [1.29, 1.82) is 0 Å². The van der Waals surface area contributed by atoms with Crippen LogP contribution in [0.25, 0.3) is 0 Å². The highest BCUT2D eigenvalue weighted by molar-refractivity contribution is 5.18. The number of aliphatic hydroxyl groups is 1. The van der Waals surface area contributed by atoms with Crippen molar-refractivity contribution in [2.24, 2.45) is 5.92 Å². The van der Waals surface area contributed by atoms with Crippen LogP contribution in [0.2, 0.25) is 0 Å². The zero-order valence-corrected chi connectivity index (χ0v) is 12.5. The molecule has 1 spiro atoms. The lowest BCUT2D eigenvalue weighted by molar-refractivity contribution is -0.159. The predicted octanol–water partition coefficient (Wildman–Crippen LogP) is 2.10. The van der Waals surface area contributed by atoms with E-state index in [0.29, 0.717) is 18.2 Å². The van der Waals surface area contributed by atoms with Gasteiger partial charge in [-0.05, 0) is 37.7 Å². The van der Waals surface area contributed by atoms with Gasteiger partial charge < -0.3 is 19.3 Å². The van der Waals surface area contributed by atoms with Crippen molar-refractivity contribution in [3.8, 4) is 5.88 Å². The molecular weight excluding hydrogens is 270 g/mol. The molecule has 1 aromatic rings. The number of rotatable bonds is 3. The predicted molar refractivity (Wildman–Crippen MR) is 77.2 cm³/mol. The Labute approximate surface area is 125 Å². The van der Waals surface area contributed by atoms with E-state index in [0.717, 1.165) is 38.9 Å². The number of pyridine rings is 1. The molecule has 0 bridgehead atoms. The highest BCUT2D eigenvalue weighted by Crippen LogP contribution is 2.41. The number of hydrogen-bond acceptors (Lipinski definition) is 5. The van der Waals surface area contributed by atoms with Crippen LogP contribution < -0.4 is 4.74 Å². The topological polar surface area (TPSA) is 60.8 Å². The maximum absolute atomic E-state index is 10.7. The molecule has 3 rings (SSSR count). The van der Waals surface area contributed by atoms with Gasteiger partial charge in [0.15, 0.2) is 0 Å². The third kappa shape index (κ3) is 3.20. The summed E-state index contributed by atoms with van der Waals surface area (Å²) in [5.41, 5.74) is 0.574. The van der Waals surface area contributed by atoms with E-state index in [1.807, 2.05) is 12.1 Å². The molecule has 2 fully saturated rings. The molecule has 116 valence electrons. The quantitative estimate of drug-likeness (QED) is 0.924. The molecule has 3 heterocycles. The summed E-state index contributed by atoms with van der Waals surface area (Å²) in [4.78, 5) is 4.36. The molecular formula is C16H23NO4. The second-order valence-electron chi connectivity index (χ2n) is 5.95. The zero-order valence-electron chi connectivity index (χ0n) is 12.5. The van der Waals surface area contributed by atoms with E-state index in [9.17, 15) is 5.11 Å². The van der Waals surface area contributed by atoms with Crippen LogP contribution in [0.1, 0.15) is 37.5 Å². The minimum atomic E-state index is -0.566. The van der Waals surface area contributed by atoms with E-state index in [1.54, 1.807) is 13.2 Å². The molecule has 0 radical (unpaired) electrons. The molecule has 2 saturated heterocycles. The van der Waals surface area contributed by atoms with Crippen LogP contribution in [0.3, 0.4) is 0 Å². The fourth-order valence-electron chi connectivity index (χ4n) is 3.38. The Morgan fingerprint density at radius 3 is 2.90 bits per heavy atom. The first-order chi connectivity index (χ1) is 10.2. The van der Waals surface area contributed by atoms with Gasteiger partial charge in [-0.15, -0.1) is 0 Å². The van der Waals surface area contributed by atoms with Gasteiger partial charge in [-0.1, -0.05) is 6.07 Å². The summed E-state index contributed by atoms with van der Waals surface area (Å²) in [7, 11) is 1.59. The zero-order chi connectivity index (χ0) is 14.7. The van der Waals surface area contributed by atoms with Crippen molar-refractivity contribution in [1.82, 2.24) is 4.98 Å². The van der Waals surface area contributed by atoms with Gasteiger partial charge in [0.05, 0.1) is 24.5 Å². The van der Waals surface area contributed by atoms with E-state index < -0.39 is 6.10 Å². The van der Waals surface area contributed by atoms with Crippen molar-refractivity contribution in [2.75, 3.05) is 26.9 Å². The van der Waals surface area contributed by atoms with Crippen LogP contribution in [0, 0.1) is 5.92 Å². The Morgan fingerprint density at radius 2 is 2.14 bits per heavy atom. The Hall–Kier alpha value is -1.17. The molecule has 1 aromatic heterocycles. The molecule has 2 atom stereocenters. The number of aromatic nitrogens is 1. The van der Waals surface area contributed by atoms with Crippen molar-refractivity contribution in [2.45, 2.75) is 37.4 Å². The van der Waals surface area contributed by atoms with Crippen LogP contribution in [0.5, 0.6) is 5.88 Å². The summed E-state index contributed by atoms with van der Waals surface area (Å²) in [6.07, 6.45) is 3.01. The van der Waals surface area contributed by atoms with Gasteiger partial charge >= 0.3 is 0 Å². The SMILES string of the molecule is COc1cccc(C(O)C2CCOC3(CCOCC3)C2)n1. The average Bonchev–Trinajstić information content (AvgIpc) is 2.55. The lowest BCUT2D eigenvalue weighted by Gasteiger charge is -2.44. The standard InChI is InChI=1S/C16H23NO4/c1-19-14-4-2-3-13(17-14)15(18)12-5-8-21-16(11-12)6-9-20-10-7-16/h2-4,12,15,18H,5-11H2,1H3. The van der Waals surface area contributed by atoms with E-state index in [4.69, 9.17) is 14.2 Å². The highest BCUT2D eigenvalue weighted by Gasteiger charge is 2.41. The van der Waals surface area contributed by atoms with Crippen molar-refractivity contribution < 1.29 is 19.3 Å². The molecule has 5 nitrogen and oxygen atoms in total. The lowest BCUT2D eigenvalue weighted by atomic mass is 9.78. The summed E-state index contributed by atoms with van der Waals surface area (Å²) in [5, 5.41) is 10.7. The minimum Gasteiger partial charge on any atom is -0.481 e. The Morgan fingerprint density at radius 1 is 1.33 bits per heavy atom. The summed E-state index contributed by atoms with van der Waals surface area (Å²) in [6, 6.07) is 5.52. The summed E-state index contributed by atoms with van der Waals surface area (Å²) < 4.78 is 16.6. The van der Waals surface area contributed by atoms with E-state index in [2.05, 4.69) is 4.98 Å². The summed E-state index contributed by atoms with van der Waals surface area (Å²) in [5.74, 6) is 0.718. The molecule has 2 unspecified atom stereocenters. The first-order valence-corrected chi connectivity index (χ1v) is 7.63. The largest absolute Gasteiger partial charge is 0.481 e. The van der Waals surface area contributed by atoms with Gasteiger partial charge in [-0.2, -0.15) is 0 Å². The number of nitrogens with zero attached hydrogens (tertiary/aromatic N) is 1. The van der Waals surface area contributed by atoms with Crippen molar-refractivity contribution in [3.05, 3.63) is 23.9 Å². The van der Waals surface area contributed by atoms with Crippen LogP contribution in [0.4, 0.5) is 0 Å². The van der Waals surface area contributed by atoms with Gasteiger partial charge in [0.25, 0.3) is 0 Å². The molecule has 21 heavy (non-hydrogen) atoms. The molecule has 5 heteroatoms. The molecule has 0 aliphatic carbocycles. The number of aliphatic hydroxyl groups excluding tert-OH is 1. The molecule has 2 aliphatic rings. The fraction of sp³-hybridized carbons (Fsp3) is 0.688. The third-order valence-corrected chi connectivity index (χ3v) is 4.64. The first-order valence-electron chi connectivity index (χ1n) is 7.63. The highest BCUT2D eigenvalue weighted by atomic mass is 16.5. The Balaban J connectivity index is 1.72. The second-order valence-corrected chi connectivity index (χ2v) is 5.95. The molecule has 2 aliphatic heterocycles. The van der Waals surface area contributed by atoms with Gasteiger partial charge in [0.2, 0.25) is 5.88 Å². The van der Waals surface area contributed by atoms with Crippen LogP contribution in [-0.4, -0.2) is 42.6 Å². The van der Waals surface area contributed by atoms with Crippen LogP contribution >= 0.6 is 0 Å². The van der Waals surface area contributed by atoms with Crippen molar-refractivity contribution >= 4 is 0 Å². The van der Waals surface area contributed by atoms with Gasteiger partial charge in [-0.3, -0.25) is 0 Å². The van der Waals surface area contributed by atoms with E-state index >= 15 is 0 Å². The maximum atomic E-state index is 10.7. The smallest absolute Gasteiger partial charge is 0.213 e. The van der Waals surface area contributed by atoms with E-state index in [-0.39, 0.29) is 11.5 Å². The normalized spacial score (nSPS) is 26.5. The number of ether oxygens (including phenoxy) is 3. The maximum Gasteiger partial charge on any atom is 0.213 e.